The van der Waals surface area contributed by atoms with Crippen LogP contribution in [-0.2, 0) is 29.1 Å². The van der Waals surface area contributed by atoms with E-state index in [0.29, 0.717) is 5.75 Å². The average molecular weight is 615 g/mol. The van der Waals surface area contributed by atoms with Crippen LogP contribution in [0.2, 0.25) is 0 Å². The van der Waals surface area contributed by atoms with Gasteiger partial charge in [0.05, 0.1) is 39.6 Å². The summed E-state index contributed by atoms with van der Waals surface area (Å²) in [5.41, 5.74) is 1.78. The number of benzene rings is 3. The van der Waals surface area contributed by atoms with Crippen molar-refractivity contribution in [2.45, 2.75) is 25.6 Å². The molecule has 13 heteroatoms. The number of ether oxygens (including phenoxy) is 3. The van der Waals surface area contributed by atoms with Gasteiger partial charge in [0.1, 0.15) is 6.04 Å². The van der Waals surface area contributed by atoms with E-state index in [1.807, 2.05) is 36.4 Å². The molecule has 0 aliphatic rings. The highest BCUT2D eigenvalue weighted by Crippen LogP contribution is 2.39. The second-order valence-corrected chi connectivity index (χ2v) is 9.75. The molecule has 1 aromatic heterocycles. The first-order valence-corrected chi connectivity index (χ1v) is 14.0. The van der Waals surface area contributed by atoms with Crippen LogP contribution in [-0.4, -0.2) is 72.4 Å². The van der Waals surface area contributed by atoms with Gasteiger partial charge in [0, 0.05) is 19.5 Å². The molecule has 1 heterocycles. The van der Waals surface area contributed by atoms with Gasteiger partial charge in [-0.2, -0.15) is 0 Å². The number of hydrogen-bond acceptors (Lipinski definition) is 9. The van der Waals surface area contributed by atoms with Crippen LogP contribution < -0.4 is 30.2 Å². The fourth-order valence-electron chi connectivity index (χ4n) is 4.49. The molecule has 0 bridgehead atoms. The van der Waals surface area contributed by atoms with Crippen molar-refractivity contribution in [2.75, 3.05) is 27.9 Å². The quantitative estimate of drug-likeness (QED) is 0.170. The minimum atomic E-state index is -1.14. The van der Waals surface area contributed by atoms with Crippen LogP contribution in [0.5, 0.6) is 17.2 Å². The van der Waals surface area contributed by atoms with Crippen LogP contribution in [0.1, 0.15) is 32.0 Å². The first-order valence-electron chi connectivity index (χ1n) is 14.0. The van der Waals surface area contributed by atoms with E-state index in [4.69, 9.17) is 14.2 Å². The predicted molar refractivity (Wildman–Crippen MR) is 163 cm³/mol. The zero-order chi connectivity index (χ0) is 32.2. The second kappa shape index (κ2) is 15.7. The maximum Gasteiger partial charge on any atom is 0.289 e. The van der Waals surface area contributed by atoms with Crippen molar-refractivity contribution in [3.05, 3.63) is 101 Å². The van der Waals surface area contributed by atoms with E-state index < -0.39 is 29.5 Å². The lowest BCUT2D eigenvalue weighted by Gasteiger charge is -2.17. The smallest absolute Gasteiger partial charge is 0.289 e. The Morgan fingerprint density at radius 3 is 2.09 bits per heavy atom. The minimum absolute atomic E-state index is 0.0570. The Labute approximate surface area is 259 Å². The molecule has 0 spiro atoms. The highest BCUT2D eigenvalue weighted by molar-refractivity contribution is 6.38. The van der Waals surface area contributed by atoms with Gasteiger partial charge in [-0.1, -0.05) is 65.9 Å². The molecule has 0 saturated carbocycles. The number of nitrogens with zero attached hydrogens (tertiary/aromatic N) is 3. The number of ketones is 1. The summed E-state index contributed by atoms with van der Waals surface area (Å²) in [7, 11) is 4.35. The number of methoxy groups -OCH3 is 3. The molecule has 3 aromatic carbocycles. The standard InChI is InChI=1S/C32H34N6O7/c1-43-26-15-14-23(28(44-2)29(26)45-3)30(40)33-16-17-38-20-25(36-37-38)31(41)35-24(18-21-10-6-4-7-11-21)27(39)32(42)34-19-22-12-8-5-9-13-22/h4-15,20,24H,16-19H2,1-3H3,(H,33,40)(H,34,42)(H,35,41)/t24-/m0/s1. The molecule has 0 fully saturated rings. The molecule has 13 nitrogen and oxygen atoms in total. The monoisotopic (exact) mass is 614 g/mol. The third-order valence-corrected chi connectivity index (χ3v) is 6.77. The summed E-state index contributed by atoms with van der Waals surface area (Å²) < 4.78 is 17.3. The molecule has 4 aromatic rings. The molecule has 0 aliphatic heterocycles. The first-order chi connectivity index (χ1) is 21.8. The van der Waals surface area contributed by atoms with Crippen LogP contribution in [0.4, 0.5) is 0 Å². The number of carbonyl (C=O) groups excluding carboxylic acids is 4. The number of hydrogen-bond donors (Lipinski definition) is 3. The highest BCUT2D eigenvalue weighted by Gasteiger charge is 2.28. The van der Waals surface area contributed by atoms with E-state index >= 15 is 0 Å². The Kier molecular flexibility index (Phi) is 11.2. The van der Waals surface area contributed by atoms with E-state index in [1.54, 1.807) is 36.4 Å². The lowest BCUT2D eigenvalue weighted by molar-refractivity contribution is -0.139. The summed E-state index contributed by atoms with van der Waals surface area (Å²) in [5, 5.41) is 15.9. The third kappa shape index (κ3) is 8.44. The van der Waals surface area contributed by atoms with Crippen molar-refractivity contribution in [1.29, 1.82) is 0 Å². The summed E-state index contributed by atoms with van der Waals surface area (Å²) >= 11 is 0. The van der Waals surface area contributed by atoms with Gasteiger partial charge in [0.25, 0.3) is 17.7 Å². The van der Waals surface area contributed by atoms with Crippen molar-refractivity contribution in [1.82, 2.24) is 30.9 Å². The number of carbonyl (C=O) groups is 4. The topological polar surface area (TPSA) is 163 Å². The van der Waals surface area contributed by atoms with Gasteiger partial charge in [-0.25, -0.2) is 4.68 Å². The van der Waals surface area contributed by atoms with Gasteiger partial charge >= 0.3 is 0 Å². The van der Waals surface area contributed by atoms with Crippen molar-refractivity contribution in [2.24, 2.45) is 0 Å². The highest BCUT2D eigenvalue weighted by atomic mass is 16.5. The average Bonchev–Trinajstić information content (AvgIpc) is 3.55. The fraction of sp³-hybridized carbons (Fsp3) is 0.250. The Morgan fingerprint density at radius 2 is 1.44 bits per heavy atom. The van der Waals surface area contributed by atoms with E-state index in [0.717, 1.165) is 11.1 Å². The van der Waals surface area contributed by atoms with Crippen LogP contribution in [0.15, 0.2) is 79.0 Å². The molecule has 0 radical (unpaired) electrons. The van der Waals surface area contributed by atoms with Crippen LogP contribution in [0.3, 0.4) is 0 Å². The molecular formula is C32H34N6O7. The Bertz CT molecular complexity index is 1630. The maximum absolute atomic E-state index is 13.2. The van der Waals surface area contributed by atoms with E-state index in [9.17, 15) is 19.2 Å². The summed E-state index contributed by atoms with van der Waals surface area (Å²) in [6.45, 7) is 0.508. The Hall–Kier alpha value is -5.72. The molecule has 0 aliphatic carbocycles. The number of Topliss-reactive ketones (excluding diaryl/α,β-unsaturated/α-hetero) is 1. The molecular weight excluding hydrogens is 580 g/mol. The number of rotatable bonds is 15. The largest absolute Gasteiger partial charge is 0.493 e. The molecule has 45 heavy (non-hydrogen) atoms. The Balaban J connectivity index is 1.37. The number of nitrogens with one attached hydrogen (secondary N) is 3. The van der Waals surface area contributed by atoms with Gasteiger partial charge in [-0.15, -0.1) is 5.10 Å². The summed E-state index contributed by atoms with van der Waals surface area (Å²) in [6, 6.07) is 20.2. The SMILES string of the molecule is COc1ccc(C(=O)NCCn2cc(C(=O)N[C@@H](Cc3ccccc3)C(=O)C(=O)NCc3ccccc3)nn2)c(OC)c1OC. The molecule has 1 atom stereocenters. The van der Waals surface area contributed by atoms with Crippen molar-refractivity contribution in [3.63, 3.8) is 0 Å². The molecule has 234 valence electrons. The summed E-state index contributed by atoms with van der Waals surface area (Å²) in [4.78, 5) is 51.9. The second-order valence-electron chi connectivity index (χ2n) is 9.75. The molecule has 3 N–H and O–H groups in total. The molecule has 4 rings (SSSR count). The van der Waals surface area contributed by atoms with Crippen LogP contribution in [0, 0.1) is 0 Å². The van der Waals surface area contributed by atoms with Crippen molar-refractivity contribution in [3.8, 4) is 17.2 Å². The number of amides is 3. The maximum atomic E-state index is 13.2. The van der Waals surface area contributed by atoms with Gasteiger partial charge in [0.15, 0.2) is 17.2 Å². The van der Waals surface area contributed by atoms with E-state index in [2.05, 4.69) is 26.3 Å². The summed E-state index contributed by atoms with van der Waals surface area (Å²) in [6.07, 6.45) is 1.49. The van der Waals surface area contributed by atoms with Gasteiger partial charge in [-0.3, -0.25) is 19.2 Å². The van der Waals surface area contributed by atoms with Crippen LogP contribution in [0.25, 0.3) is 0 Å². The molecule has 3 amide bonds. The predicted octanol–water partition coefficient (Wildman–Crippen LogP) is 1.96. The van der Waals surface area contributed by atoms with Crippen molar-refractivity contribution >= 4 is 23.5 Å². The van der Waals surface area contributed by atoms with E-state index in [1.165, 1.54) is 32.2 Å². The molecule has 0 unspecified atom stereocenters. The van der Waals surface area contributed by atoms with Crippen LogP contribution >= 0.6 is 0 Å². The normalized spacial score (nSPS) is 11.2. The minimum Gasteiger partial charge on any atom is -0.493 e. The lowest BCUT2D eigenvalue weighted by Crippen LogP contribution is -2.48. The fourth-order valence-corrected chi connectivity index (χ4v) is 4.49. The first kappa shape index (κ1) is 32.2. The van der Waals surface area contributed by atoms with Gasteiger partial charge < -0.3 is 30.2 Å². The zero-order valence-electron chi connectivity index (χ0n) is 25.1. The third-order valence-electron chi connectivity index (χ3n) is 6.77. The zero-order valence-corrected chi connectivity index (χ0v) is 25.1. The molecule has 0 saturated heterocycles. The lowest BCUT2D eigenvalue weighted by atomic mass is 10.0. The summed E-state index contributed by atoms with van der Waals surface area (Å²) in [5.74, 6) is -1.77. The van der Waals surface area contributed by atoms with Crippen molar-refractivity contribution < 1.29 is 33.4 Å². The van der Waals surface area contributed by atoms with E-state index in [-0.39, 0.29) is 48.8 Å². The Morgan fingerprint density at radius 1 is 0.778 bits per heavy atom. The van der Waals surface area contributed by atoms with Gasteiger partial charge in [-0.05, 0) is 23.3 Å². The van der Waals surface area contributed by atoms with Gasteiger partial charge in [0.2, 0.25) is 11.5 Å². The number of aromatic nitrogens is 3.